The van der Waals surface area contributed by atoms with Crippen molar-refractivity contribution >= 4 is 0 Å². The summed E-state index contributed by atoms with van der Waals surface area (Å²) in [6.07, 6.45) is 2.35. The van der Waals surface area contributed by atoms with Gasteiger partial charge in [0, 0.05) is 25.3 Å². The van der Waals surface area contributed by atoms with Gasteiger partial charge in [-0.25, -0.2) is 0 Å². The van der Waals surface area contributed by atoms with Crippen LogP contribution in [0.15, 0.2) is 6.20 Å². The Bertz CT molecular complexity index is 259. The molecule has 0 bridgehead atoms. The maximum Gasteiger partial charge on any atom is 0.0964 e. The molecule has 0 spiro atoms. The van der Waals surface area contributed by atoms with Gasteiger partial charge in [-0.2, -0.15) is 0 Å². The monoisotopic (exact) mass is 200 g/mol. The van der Waals surface area contributed by atoms with Gasteiger partial charge in [0.1, 0.15) is 0 Å². The topological polar surface area (TPSA) is 42.7 Å². The number of hydrogen-bond donors (Lipinski definition) is 1. The summed E-state index contributed by atoms with van der Waals surface area (Å²) in [5.41, 5.74) is 0.901. The van der Waals surface area contributed by atoms with Gasteiger partial charge in [-0.3, -0.25) is 9.07 Å². The fourth-order valence-corrected chi connectivity index (χ4v) is 1.06. The van der Waals surface area contributed by atoms with Crippen molar-refractivity contribution in [1.29, 1.82) is 0 Å². The quantitative estimate of drug-likeness (QED) is 0.748. The molecule has 0 amide bonds. The van der Waals surface area contributed by atoms with Gasteiger partial charge in [0.25, 0.3) is 0 Å². The van der Waals surface area contributed by atoms with E-state index in [0.29, 0.717) is 25.6 Å². The molecule has 0 aliphatic rings. The molecule has 0 saturated carbocycles. The van der Waals surface area contributed by atoms with E-state index in [4.69, 9.17) is 0 Å². The van der Waals surface area contributed by atoms with Crippen LogP contribution in [0.2, 0.25) is 0 Å². The molecule has 1 rings (SSSR count). The van der Waals surface area contributed by atoms with Crippen molar-refractivity contribution in [2.24, 2.45) is 0 Å². The molecule has 14 heavy (non-hydrogen) atoms. The lowest BCUT2D eigenvalue weighted by molar-refractivity contribution is 0.431. The lowest BCUT2D eigenvalue weighted by Gasteiger charge is -2.03. The summed E-state index contributed by atoms with van der Waals surface area (Å²) in [5, 5.41) is 11.1. The molecule has 80 valence electrons. The minimum atomic E-state index is -0.306. The van der Waals surface area contributed by atoms with E-state index in [2.05, 4.69) is 29.5 Å². The minimum Gasteiger partial charge on any atom is -0.309 e. The predicted molar refractivity (Wildman–Crippen MR) is 52.6 cm³/mol. The number of alkyl halides is 1. The van der Waals surface area contributed by atoms with Gasteiger partial charge >= 0.3 is 0 Å². The second kappa shape index (κ2) is 5.70. The van der Waals surface area contributed by atoms with Gasteiger partial charge in [0.2, 0.25) is 0 Å². The highest BCUT2D eigenvalue weighted by Gasteiger charge is 2.00. The lowest BCUT2D eigenvalue weighted by Crippen LogP contribution is -2.21. The molecule has 0 fully saturated rings. The Morgan fingerprint density at radius 3 is 3.00 bits per heavy atom. The summed E-state index contributed by atoms with van der Waals surface area (Å²) >= 11 is 0. The zero-order chi connectivity index (χ0) is 10.4. The molecule has 0 aliphatic carbocycles. The Kier molecular flexibility index (Phi) is 4.52. The standard InChI is InChI=1S/C9H17FN4/c1-8(2)11-6-9-7-14(13-12-9)5-3-4-10/h7-8,11H,3-6H2,1-2H3. The first-order chi connectivity index (χ1) is 6.72. The van der Waals surface area contributed by atoms with Gasteiger partial charge in [0.15, 0.2) is 0 Å². The Hall–Kier alpha value is -0.970. The van der Waals surface area contributed by atoms with Crippen LogP contribution in [-0.4, -0.2) is 27.7 Å². The third-order valence-electron chi connectivity index (χ3n) is 1.80. The summed E-state index contributed by atoms with van der Waals surface area (Å²) in [6.45, 7) is 5.17. The van der Waals surface area contributed by atoms with Crippen molar-refractivity contribution in [3.8, 4) is 0 Å². The largest absolute Gasteiger partial charge is 0.309 e. The first-order valence-electron chi connectivity index (χ1n) is 4.90. The number of halogens is 1. The van der Waals surface area contributed by atoms with Crippen LogP contribution >= 0.6 is 0 Å². The number of nitrogens with zero attached hydrogens (tertiary/aromatic N) is 3. The maximum absolute atomic E-state index is 11.9. The molecular weight excluding hydrogens is 183 g/mol. The molecule has 0 atom stereocenters. The average molecular weight is 200 g/mol. The van der Waals surface area contributed by atoms with Crippen molar-refractivity contribution in [2.75, 3.05) is 6.67 Å². The van der Waals surface area contributed by atoms with Gasteiger partial charge < -0.3 is 5.32 Å². The van der Waals surface area contributed by atoms with E-state index >= 15 is 0 Å². The molecular formula is C9H17FN4. The predicted octanol–water partition coefficient (Wildman–Crippen LogP) is 1.14. The Balaban J connectivity index is 2.35. The molecule has 1 aromatic heterocycles. The zero-order valence-electron chi connectivity index (χ0n) is 8.70. The summed E-state index contributed by atoms with van der Waals surface area (Å²) in [7, 11) is 0. The second-order valence-electron chi connectivity index (χ2n) is 3.55. The third-order valence-corrected chi connectivity index (χ3v) is 1.80. The number of nitrogens with one attached hydrogen (secondary N) is 1. The van der Waals surface area contributed by atoms with E-state index < -0.39 is 0 Å². The second-order valence-corrected chi connectivity index (χ2v) is 3.55. The number of aryl methyl sites for hydroxylation is 1. The average Bonchev–Trinajstić information content (AvgIpc) is 2.59. The van der Waals surface area contributed by atoms with Crippen LogP contribution in [-0.2, 0) is 13.1 Å². The molecule has 0 aliphatic heterocycles. The molecule has 0 aromatic carbocycles. The van der Waals surface area contributed by atoms with Gasteiger partial charge in [-0.15, -0.1) is 5.10 Å². The molecule has 1 N–H and O–H groups in total. The van der Waals surface area contributed by atoms with E-state index in [9.17, 15) is 4.39 Å². The molecule has 0 unspecified atom stereocenters. The van der Waals surface area contributed by atoms with Gasteiger partial charge in [-0.1, -0.05) is 19.1 Å². The fraction of sp³-hybridized carbons (Fsp3) is 0.778. The van der Waals surface area contributed by atoms with Gasteiger partial charge in [-0.05, 0) is 6.42 Å². The summed E-state index contributed by atoms with van der Waals surface area (Å²) in [4.78, 5) is 0. The minimum absolute atomic E-state index is 0.306. The van der Waals surface area contributed by atoms with E-state index in [0.717, 1.165) is 5.69 Å². The van der Waals surface area contributed by atoms with E-state index in [1.165, 1.54) is 0 Å². The Morgan fingerprint density at radius 2 is 2.36 bits per heavy atom. The van der Waals surface area contributed by atoms with Crippen molar-refractivity contribution in [1.82, 2.24) is 20.3 Å². The zero-order valence-corrected chi connectivity index (χ0v) is 8.70. The molecule has 0 radical (unpaired) electrons. The van der Waals surface area contributed by atoms with Crippen LogP contribution in [0.1, 0.15) is 26.0 Å². The van der Waals surface area contributed by atoms with Crippen molar-refractivity contribution in [2.45, 2.75) is 39.4 Å². The highest BCUT2D eigenvalue weighted by Crippen LogP contribution is 1.95. The lowest BCUT2D eigenvalue weighted by atomic mass is 10.3. The number of rotatable bonds is 6. The van der Waals surface area contributed by atoms with Crippen LogP contribution in [0.25, 0.3) is 0 Å². The highest BCUT2D eigenvalue weighted by atomic mass is 19.1. The van der Waals surface area contributed by atoms with Crippen molar-refractivity contribution in [3.63, 3.8) is 0 Å². The summed E-state index contributed by atoms with van der Waals surface area (Å²) in [5.74, 6) is 0. The van der Waals surface area contributed by atoms with E-state index in [-0.39, 0.29) is 6.67 Å². The highest BCUT2D eigenvalue weighted by molar-refractivity contribution is 4.91. The fourth-order valence-electron chi connectivity index (χ4n) is 1.06. The Labute approximate surface area is 83.5 Å². The maximum atomic E-state index is 11.9. The van der Waals surface area contributed by atoms with Crippen LogP contribution in [0, 0.1) is 0 Å². The molecule has 1 heterocycles. The molecule has 1 aromatic rings. The summed E-state index contributed by atoms with van der Waals surface area (Å²) < 4.78 is 13.5. The SMILES string of the molecule is CC(C)NCc1cn(CCCF)nn1. The smallest absolute Gasteiger partial charge is 0.0964 e. The molecule has 5 heteroatoms. The third kappa shape index (κ3) is 3.83. The molecule has 0 saturated heterocycles. The first kappa shape index (κ1) is 11.1. The van der Waals surface area contributed by atoms with Gasteiger partial charge in [0.05, 0.1) is 12.4 Å². The van der Waals surface area contributed by atoms with E-state index in [1.807, 2.05) is 6.20 Å². The normalized spacial score (nSPS) is 11.1. The van der Waals surface area contributed by atoms with Crippen LogP contribution in [0.3, 0.4) is 0 Å². The molecule has 4 nitrogen and oxygen atoms in total. The number of aromatic nitrogens is 3. The van der Waals surface area contributed by atoms with Crippen LogP contribution in [0.5, 0.6) is 0 Å². The Morgan fingerprint density at radius 1 is 1.57 bits per heavy atom. The summed E-state index contributed by atoms with van der Waals surface area (Å²) in [6, 6.07) is 0.436. The van der Waals surface area contributed by atoms with Crippen LogP contribution in [0.4, 0.5) is 4.39 Å². The van der Waals surface area contributed by atoms with Crippen molar-refractivity contribution < 1.29 is 4.39 Å². The van der Waals surface area contributed by atoms with Crippen LogP contribution < -0.4 is 5.32 Å². The number of hydrogen-bond acceptors (Lipinski definition) is 3. The first-order valence-corrected chi connectivity index (χ1v) is 4.90. The van der Waals surface area contributed by atoms with Crippen molar-refractivity contribution in [3.05, 3.63) is 11.9 Å². The van der Waals surface area contributed by atoms with E-state index in [1.54, 1.807) is 4.68 Å².